The fourth-order valence-electron chi connectivity index (χ4n) is 2.28. The van der Waals surface area contributed by atoms with Crippen LogP contribution in [0.15, 0.2) is 53.1 Å². The van der Waals surface area contributed by atoms with E-state index in [4.69, 9.17) is 4.74 Å². The first-order chi connectivity index (χ1) is 13.9. The molecule has 0 aliphatic heterocycles. The minimum absolute atomic E-state index is 0.449. The normalized spacial score (nSPS) is 14.9. The van der Waals surface area contributed by atoms with Gasteiger partial charge in [0.25, 0.3) is 7.82 Å². The van der Waals surface area contributed by atoms with E-state index in [0.29, 0.717) is 17.9 Å². The molecule has 0 aliphatic carbocycles. The smallest absolute Gasteiger partial charge is 0.272 e. The zero-order valence-electron chi connectivity index (χ0n) is 17.5. The average Bonchev–Trinajstić information content (AvgIpc) is 2.59. The summed E-state index contributed by atoms with van der Waals surface area (Å²) in [6.45, 7) is 7.82. The zero-order chi connectivity index (χ0) is 22.8. The molecule has 0 radical (unpaired) electrons. The summed E-state index contributed by atoms with van der Waals surface area (Å²) in [6.07, 6.45) is 7.88. The Balaban J connectivity index is 2.52. The molecule has 8 nitrogen and oxygen atoms in total. The maximum absolute atomic E-state index is 11.2. The van der Waals surface area contributed by atoms with E-state index in [1.807, 2.05) is 6.08 Å². The molecule has 1 aromatic rings. The number of phosphoric ester groups is 1. The molecule has 0 N–H and O–H groups in total. The van der Waals surface area contributed by atoms with E-state index < -0.39 is 22.3 Å². The third-order valence-corrected chi connectivity index (χ3v) is 5.76. The molecule has 0 saturated carbocycles. The number of rotatable bonds is 12. The summed E-state index contributed by atoms with van der Waals surface area (Å²) in [6, 6.07) is 7.11. The largest absolute Gasteiger partial charge is 0.790 e. The van der Waals surface area contributed by atoms with Crippen LogP contribution in [-0.2, 0) is 18.0 Å². The van der Waals surface area contributed by atoms with Crippen LogP contribution in [0.5, 0.6) is 5.75 Å². The van der Waals surface area contributed by atoms with Gasteiger partial charge in [-0.2, -0.15) is 0 Å². The van der Waals surface area contributed by atoms with Crippen molar-refractivity contribution in [2.45, 2.75) is 40.5 Å². The predicted octanol–water partition coefficient (Wildman–Crippen LogP) is 3.49. The molecule has 0 spiro atoms. The molecule has 30 heavy (non-hydrogen) atoms. The van der Waals surface area contributed by atoms with Crippen molar-refractivity contribution in [1.82, 2.24) is 0 Å². The van der Waals surface area contributed by atoms with Crippen LogP contribution in [-0.4, -0.2) is 13.2 Å². The van der Waals surface area contributed by atoms with Crippen LogP contribution in [0.25, 0.3) is 6.08 Å². The number of hydrogen-bond donors (Lipinski definition) is 0. The van der Waals surface area contributed by atoms with Crippen molar-refractivity contribution in [1.29, 1.82) is 0 Å². The lowest BCUT2D eigenvalue weighted by Gasteiger charge is -2.35. The summed E-state index contributed by atoms with van der Waals surface area (Å²) in [5, 5.41) is 0. The number of ether oxygens (including phenoxy) is 1. The van der Waals surface area contributed by atoms with Crippen LogP contribution in [0, 0.1) is 0 Å². The highest BCUT2D eigenvalue weighted by Gasteiger charge is 2.11. The highest BCUT2D eigenvalue weighted by Crippen LogP contribution is 2.50. The third kappa shape index (κ3) is 12.9. The zero-order valence-corrected chi connectivity index (χ0v) is 19.3. The molecular weight excluding hydrogens is 430 g/mol. The topological polar surface area (TPSA) is 131 Å². The van der Waals surface area contributed by atoms with Crippen LogP contribution < -0.4 is 19.4 Å². The van der Waals surface area contributed by atoms with Crippen LogP contribution in [0.2, 0.25) is 0 Å². The number of hydrogen-bond acceptors (Lipinski definition) is 8. The van der Waals surface area contributed by atoms with Crippen molar-refractivity contribution in [2.75, 3.05) is 13.2 Å². The maximum Gasteiger partial charge on any atom is 0.272 e. The fourth-order valence-corrected chi connectivity index (χ4v) is 3.81. The van der Waals surface area contributed by atoms with E-state index in [0.717, 1.165) is 18.4 Å². The van der Waals surface area contributed by atoms with Crippen molar-refractivity contribution >= 4 is 21.7 Å². The van der Waals surface area contributed by atoms with Gasteiger partial charge in [0.15, 0.2) is 0 Å². The first-order valence-electron chi connectivity index (χ1n) is 9.24. The monoisotopic (exact) mass is 457 g/mol. The highest BCUT2D eigenvalue weighted by atomic mass is 31.3. The van der Waals surface area contributed by atoms with E-state index in [9.17, 15) is 23.8 Å². The van der Waals surface area contributed by atoms with Gasteiger partial charge >= 0.3 is 0 Å². The van der Waals surface area contributed by atoms with Gasteiger partial charge in [0.05, 0.1) is 14.4 Å². The van der Waals surface area contributed by atoms with Gasteiger partial charge in [0, 0.05) is 0 Å². The average molecular weight is 457 g/mol. The lowest BCUT2D eigenvalue weighted by Crippen LogP contribution is -2.19. The molecule has 0 aliphatic rings. The lowest BCUT2D eigenvalue weighted by molar-refractivity contribution is -0.339. The maximum atomic E-state index is 11.2. The Hall–Kier alpha value is -1.50. The minimum atomic E-state index is -5.69. The molecular formula is C20H27O8P2-3. The molecule has 0 heterocycles. The summed E-state index contributed by atoms with van der Waals surface area (Å²) >= 11 is 0. The van der Waals surface area contributed by atoms with Crippen molar-refractivity contribution in [3.63, 3.8) is 0 Å². The molecule has 0 aromatic heterocycles. The number of phosphoric acid groups is 2. The SMILES string of the molecule is CC(C)=CCC/C(C)=C/COc1ccc(/C=C(\C)COP(=O)([O-])OP(=O)([O-])[O-])cc1. The molecule has 10 heteroatoms. The Labute approximate surface area is 177 Å². The molecule has 1 unspecified atom stereocenters. The van der Waals surface area contributed by atoms with Crippen molar-refractivity contribution in [3.8, 4) is 5.75 Å². The Kier molecular flexibility index (Phi) is 10.9. The first kappa shape index (κ1) is 26.5. The summed E-state index contributed by atoms with van der Waals surface area (Å²) in [4.78, 5) is 32.0. The van der Waals surface area contributed by atoms with E-state index in [2.05, 4.69) is 35.7 Å². The summed E-state index contributed by atoms with van der Waals surface area (Å²) < 4.78 is 35.1. The molecule has 1 aromatic carbocycles. The van der Waals surface area contributed by atoms with Gasteiger partial charge in [-0.25, -0.2) is 0 Å². The summed E-state index contributed by atoms with van der Waals surface area (Å²) in [5.74, 6) is 0.688. The van der Waals surface area contributed by atoms with Gasteiger partial charge in [-0.05, 0) is 69.9 Å². The van der Waals surface area contributed by atoms with E-state index >= 15 is 0 Å². The van der Waals surface area contributed by atoms with Gasteiger partial charge in [-0.1, -0.05) is 35.4 Å². The Bertz CT molecular complexity index is 861. The second-order valence-corrected chi connectivity index (χ2v) is 9.69. The second-order valence-electron chi connectivity index (χ2n) is 6.99. The van der Waals surface area contributed by atoms with Gasteiger partial charge in [-0.3, -0.25) is 8.88 Å². The van der Waals surface area contributed by atoms with Crippen LogP contribution in [0.3, 0.4) is 0 Å². The van der Waals surface area contributed by atoms with Crippen molar-refractivity contribution in [2.24, 2.45) is 0 Å². The number of allylic oxidation sites excluding steroid dienone is 3. The van der Waals surface area contributed by atoms with Crippen LogP contribution in [0.1, 0.15) is 46.1 Å². The van der Waals surface area contributed by atoms with E-state index in [1.165, 1.54) is 11.1 Å². The molecule has 0 fully saturated rings. The van der Waals surface area contributed by atoms with Crippen LogP contribution in [0.4, 0.5) is 0 Å². The van der Waals surface area contributed by atoms with Crippen LogP contribution >= 0.6 is 15.6 Å². The molecule has 0 bridgehead atoms. The standard InChI is InChI=1S/C20H30O8P2/c1-16(2)6-5-7-17(3)12-13-26-20-10-8-19(9-11-20)14-18(4)15-27-30(24,25)28-29(21,22)23/h6,8-12,14H,5,7,13,15H2,1-4H3,(H,24,25)(H2,21,22,23)/p-3/b17-12+,18-14+. The number of benzene rings is 1. The molecule has 168 valence electrons. The summed E-state index contributed by atoms with van der Waals surface area (Å²) in [5.41, 5.74) is 3.80. The van der Waals surface area contributed by atoms with Crippen molar-refractivity contribution in [3.05, 3.63) is 58.7 Å². The minimum Gasteiger partial charge on any atom is -0.790 e. The third-order valence-electron chi connectivity index (χ3n) is 3.72. The van der Waals surface area contributed by atoms with Crippen molar-refractivity contribution < 1.29 is 37.4 Å². The van der Waals surface area contributed by atoms with E-state index in [-0.39, 0.29) is 0 Å². The molecule has 1 rings (SSSR count). The van der Waals surface area contributed by atoms with Gasteiger partial charge < -0.3 is 28.5 Å². The predicted molar refractivity (Wildman–Crippen MR) is 110 cm³/mol. The molecule has 1 atom stereocenters. The molecule has 0 saturated heterocycles. The second kappa shape index (κ2) is 12.4. The molecule has 0 amide bonds. The fraction of sp³-hybridized carbons (Fsp3) is 0.400. The van der Waals surface area contributed by atoms with Gasteiger partial charge in [-0.15, -0.1) is 0 Å². The van der Waals surface area contributed by atoms with Gasteiger partial charge in [0.1, 0.15) is 12.4 Å². The Morgan fingerprint density at radius 3 is 2.17 bits per heavy atom. The highest BCUT2D eigenvalue weighted by molar-refractivity contribution is 7.58. The Morgan fingerprint density at radius 1 is 0.967 bits per heavy atom. The lowest BCUT2D eigenvalue weighted by atomic mass is 10.1. The van der Waals surface area contributed by atoms with Gasteiger partial charge in [0.2, 0.25) is 0 Å². The first-order valence-corrected chi connectivity index (χ1v) is 12.2. The van der Waals surface area contributed by atoms with E-state index in [1.54, 1.807) is 37.3 Å². The summed E-state index contributed by atoms with van der Waals surface area (Å²) in [7, 11) is -10.9. The quantitative estimate of drug-likeness (QED) is 0.344. The Morgan fingerprint density at radius 2 is 1.60 bits per heavy atom.